The molecule has 0 bridgehead atoms. The van der Waals surface area contributed by atoms with Gasteiger partial charge in [-0.15, -0.1) is 0 Å². The molecule has 1 aromatic heterocycles. The summed E-state index contributed by atoms with van der Waals surface area (Å²) in [6.07, 6.45) is 0. The molecule has 0 spiro atoms. The summed E-state index contributed by atoms with van der Waals surface area (Å²) < 4.78 is 15.2. The highest BCUT2D eigenvalue weighted by Gasteiger charge is 2.38. The summed E-state index contributed by atoms with van der Waals surface area (Å²) in [4.78, 5) is 7.60. The normalized spacial score (nSPS) is 11.5. The number of aliphatic hydroxyl groups is 2. The molecule has 1 heterocycles. The van der Waals surface area contributed by atoms with E-state index in [2.05, 4.69) is 15.3 Å². The maximum atomic E-state index is 10.9. The Morgan fingerprint density at radius 3 is 1.79 bits per heavy atom. The SMILES string of the molecule is COc1c(O)c(NC(O)(O)c2c(O)c(O)c3nc(N)nc(N)c3c2C)c(O)c(OC)c1OC. The molecule has 2 aromatic carbocycles. The maximum Gasteiger partial charge on any atom is 0.277 e. The van der Waals surface area contributed by atoms with Crippen molar-refractivity contribution in [3.63, 3.8) is 0 Å². The first-order chi connectivity index (χ1) is 15.4. The highest BCUT2D eigenvalue weighted by atomic mass is 16.5. The minimum absolute atomic E-state index is 0.0258. The molecule has 0 fully saturated rings. The number of hydrogen-bond acceptors (Lipinski definition) is 14. The van der Waals surface area contributed by atoms with Crippen LogP contribution in [0.5, 0.6) is 40.2 Å². The van der Waals surface area contributed by atoms with Gasteiger partial charge in [0.1, 0.15) is 17.0 Å². The second-order valence-electron chi connectivity index (χ2n) is 6.86. The zero-order valence-electron chi connectivity index (χ0n) is 18.0. The molecule has 11 N–H and O–H groups in total. The highest BCUT2D eigenvalue weighted by Crippen LogP contribution is 2.56. The monoisotopic (exact) mass is 465 g/mol. The third kappa shape index (κ3) is 3.46. The summed E-state index contributed by atoms with van der Waals surface area (Å²) >= 11 is 0. The van der Waals surface area contributed by atoms with Gasteiger partial charge >= 0.3 is 0 Å². The van der Waals surface area contributed by atoms with E-state index in [1.54, 1.807) is 0 Å². The highest BCUT2D eigenvalue weighted by molar-refractivity contribution is 5.98. The van der Waals surface area contributed by atoms with E-state index in [1.165, 1.54) is 28.3 Å². The largest absolute Gasteiger partial charge is 0.504 e. The van der Waals surface area contributed by atoms with Gasteiger partial charge in [-0.05, 0) is 12.5 Å². The van der Waals surface area contributed by atoms with Crippen LogP contribution in [0.1, 0.15) is 11.1 Å². The molecule has 178 valence electrons. The number of fused-ring (bicyclic) bond motifs is 1. The van der Waals surface area contributed by atoms with E-state index in [1.807, 2.05) is 0 Å². The van der Waals surface area contributed by atoms with Crippen LogP contribution < -0.4 is 31.0 Å². The molecular formula is C19H23N5O9. The second-order valence-corrected chi connectivity index (χ2v) is 6.86. The minimum Gasteiger partial charge on any atom is -0.504 e. The Morgan fingerprint density at radius 2 is 1.30 bits per heavy atom. The number of rotatable bonds is 6. The van der Waals surface area contributed by atoms with Crippen LogP contribution in [0.2, 0.25) is 0 Å². The number of nitrogen functional groups attached to an aromatic ring is 2. The van der Waals surface area contributed by atoms with Crippen molar-refractivity contribution < 1.29 is 44.8 Å². The Balaban J connectivity index is 2.29. The van der Waals surface area contributed by atoms with Crippen molar-refractivity contribution in [2.24, 2.45) is 0 Å². The number of benzene rings is 2. The lowest BCUT2D eigenvalue weighted by molar-refractivity contribution is -0.145. The lowest BCUT2D eigenvalue weighted by Gasteiger charge is -2.29. The molecule has 0 radical (unpaired) electrons. The Morgan fingerprint density at radius 1 is 0.788 bits per heavy atom. The van der Waals surface area contributed by atoms with E-state index in [4.69, 9.17) is 25.7 Å². The number of anilines is 3. The van der Waals surface area contributed by atoms with E-state index in [-0.39, 0.29) is 45.5 Å². The minimum atomic E-state index is -3.22. The molecule has 3 rings (SSSR count). The van der Waals surface area contributed by atoms with Crippen molar-refractivity contribution in [2.75, 3.05) is 38.1 Å². The summed E-state index contributed by atoms with van der Waals surface area (Å²) in [5.41, 5.74) is 9.78. The van der Waals surface area contributed by atoms with Gasteiger partial charge in [-0.1, -0.05) is 0 Å². The van der Waals surface area contributed by atoms with Gasteiger partial charge in [0.15, 0.2) is 23.0 Å². The van der Waals surface area contributed by atoms with Gasteiger partial charge in [-0.3, -0.25) is 0 Å². The van der Waals surface area contributed by atoms with Gasteiger partial charge in [0.05, 0.1) is 32.3 Å². The average molecular weight is 465 g/mol. The predicted octanol–water partition coefficient (Wildman–Crippen LogP) is 0.158. The lowest BCUT2D eigenvalue weighted by atomic mass is 9.97. The van der Waals surface area contributed by atoms with Crippen LogP contribution in [0.15, 0.2) is 0 Å². The van der Waals surface area contributed by atoms with Crippen LogP contribution >= 0.6 is 0 Å². The van der Waals surface area contributed by atoms with Crippen molar-refractivity contribution in [1.82, 2.24) is 9.97 Å². The van der Waals surface area contributed by atoms with Crippen LogP contribution in [-0.2, 0) is 5.91 Å². The molecule has 33 heavy (non-hydrogen) atoms. The zero-order chi connectivity index (χ0) is 24.8. The molecular weight excluding hydrogens is 442 g/mol. The van der Waals surface area contributed by atoms with Crippen molar-refractivity contribution in [2.45, 2.75) is 12.8 Å². The second kappa shape index (κ2) is 7.99. The number of phenols is 4. The first-order valence-corrected chi connectivity index (χ1v) is 9.15. The van der Waals surface area contributed by atoms with Crippen molar-refractivity contribution in [3.05, 3.63) is 11.1 Å². The number of aromatic hydroxyl groups is 4. The van der Waals surface area contributed by atoms with Gasteiger partial charge in [0.2, 0.25) is 23.2 Å². The number of nitrogens with zero attached hydrogens (tertiary/aromatic N) is 2. The number of hydrogen-bond donors (Lipinski definition) is 9. The molecule has 0 saturated carbocycles. The maximum absolute atomic E-state index is 10.9. The fourth-order valence-corrected chi connectivity index (χ4v) is 3.57. The van der Waals surface area contributed by atoms with Gasteiger partial charge < -0.3 is 61.6 Å². The quantitative estimate of drug-likeness (QED) is 0.174. The molecule has 0 amide bonds. The number of nitrogens with two attached hydrogens (primary N) is 2. The molecule has 14 heteroatoms. The topological polar surface area (TPSA) is 239 Å². The van der Waals surface area contributed by atoms with E-state index in [0.717, 1.165) is 0 Å². The number of methoxy groups -OCH3 is 3. The zero-order valence-corrected chi connectivity index (χ0v) is 18.0. The summed E-state index contributed by atoms with van der Waals surface area (Å²) in [6, 6.07) is 0. The van der Waals surface area contributed by atoms with Crippen LogP contribution in [0.4, 0.5) is 17.5 Å². The Labute approximate surface area is 186 Å². The Kier molecular flexibility index (Phi) is 5.66. The van der Waals surface area contributed by atoms with Gasteiger partial charge in [-0.25, -0.2) is 4.98 Å². The number of nitrogens with one attached hydrogen (secondary N) is 1. The van der Waals surface area contributed by atoms with Gasteiger partial charge in [0, 0.05) is 0 Å². The average Bonchev–Trinajstić information content (AvgIpc) is 2.74. The van der Waals surface area contributed by atoms with Crippen LogP contribution in [0.3, 0.4) is 0 Å². The lowest BCUT2D eigenvalue weighted by Crippen LogP contribution is -2.36. The van der Waals surface area contributed by atoms with Crippen molar-refractivity contribution >= 4 is 28.4 Å². The molecule has 14 nitrogen and oxygen atoms in total. The first kappa shape index (κ1) is 23.4. The Bertz CT molecular complexity index is 1230. The van der Waals surface area contributed by atoms with Gasteiger partial charge in [-0.2, -0.15) is 4.98 Å². The first-order valence-electron chi connectivity index (χ1n) is 9.15. The van der Waals surface area contributed by atoms with Crippen LogP contribution in [-0.4, -0.2) is 61.9 Å². The fraction of sp³-hybridized carbons (Fsp3) is 0.263. The fourth-order valence-electron chi connectivity index (χ4n) is 3.57. The summed E-state index contributed by atoms with van der Waals surface area (Å²) in [5, 5.41) is 65.9. The smallest absolute Gasteiger partial charge is 0.277 e. The molecule has 0 aliphatic heterocycles. The van der Waals surface area contributed by atoms with E-state index in [0.29, 0.717) is 0 Å². The number of aryl methyl sites for hydroxylation is 1. The van der Waals surface area contributed by atoms with Crippen LogP contribution in [0.25, 0.3) is 10.9 Å². The van der Waals surface area contributed by atoms with E-state index >= 15 is 0 Å². The Hall–Kier alpha value is -4.30. The summed E-state index contributed by atoms with van der Waals surface area (Å²) in [5.74, 6) is -7.90. The number of aromatic nitrogens is 2. The predicted molar refractivity (Wildman–Crippen MR) is 116 cm³/mol. The third-order valence-corrected chi connectivity index (χ3v) is 4.97. The third-order valence-electron chi connectivity index (χ3n) is 4.97. The standard InChI is InChI=1S/C19H23N5O9/c1-5-6-8(22-18(21)23-17(6)20)11(26)10(25)7(5)19(29,30)24-9-12(27)14(31-2)16(33-4)15(32-3)13(9)28/h24-30H,1-4H3,(H4,20,21,22,23). The van der Waals surface area contributed by atoms with Crippen molar-refractivity contribution in [3.8, 4) is 40.2 Å². The number of ether oxygens (including phenoxy) is 3. The molecule has 0 unspecified atom stereocenters. The summed E-state index contributed by atoms with van der Waals surface area (Å²) in [6.45, 7) is 1.34. The number of phenolic OH excluding ortho intramolecular Hbond substituents is 4. The van der Waals surface area contributed by atoms with Crippen LogP contribution in [0, 0.1) is 6.92 Å². The molecule has 0 aliphatic carbocycles. The molecule has 0 atom stereocenters. The summed E-state index contributed by atoms with van der Waals surface area (Å²) in [7, 11) is 3.61. The van der Waals surface area contributed by atoms with Gasteiger partial charge in [0.25, 0.3) is 5.91 Å². The van der Waals surface area contributed by atoms with Crippen molar-refractivity contribution in [1.29, 1.82) is 0 Å². The molecule has 3 aromatic rings. The van der Waals surface area contributed by atoms with E-state index < -0.39 is 40.2 Å². The molecule has 0 saturated heterocycles. The van der Waals surface area contributed by atoms with E-state index in [9.17, 15) is 30.6 Å². The molecule has 0 aliphatic rings.